The minimum Gasteiger partial charge on any atom is -0.496 e. The zero-order valence-corrected chi connectivity index (χ0v) is 20.0. The molecule has 1 N–H and O–H groups in total. The first-order chi connectivity index (χ1) is 15.8. The van der Waals surface area contributed by atoms with E-state index >= 15 is 0 Å². The lowest BCUT2D eigenvalue weighted by Gasteiger charge is -2.40. The molecule has 2 aromatic carbocycles. The number of aryl methyl sites for hydroxylation is 1. The number of Topliss-reactive ketones (excluding diaryl/α,β-unsaturated/α-hetero) is 1. The van der Waals surface area contributed by atoms with Gasteiger partial charge in [-0.05, 0) is 12.5 Å². The number of fused-ring (bicyclic) bond motifs is 2. The van der Waals surface area contributed by atoms with E-state index in [2.05, 4.69) is 5.10 Å². The maximum atomic E-state index is 13.9. The second-order valence-electron chi connectivity index (χ2n) is 8.34. The van der Waals surface area contributed by atoms with Gasteiger partial charge in [-0.3, -0.25) is 9.48 Å². The Hall–Kier alpha value is -2.74. The minimum absolute atomic E-state index is 0.149. The third-order valence-electron chi connectivity index (χ3n) is 6.64. The zero-order valence-electron chi connectivity index (χ0n) is 18.5. The number of halogens is 2. The highest BCUT2D eigenvalue weighted by molar-refractivity contribution is 6.35. The first kappa shape index (κ1) is 22.1. The molecule has 1 unspecified atom stereocenters. The van der Waals surface area contributed by atoms with Crippen LogP contribution in [0.2, 0.25) is 10.0 Å². The molecule has 3 atom stereocenters. The summed E-state index contributed by atoms with van der Waals surface area (Å²) in [6, 6.07) is 8.86. The monoisotopic (exact) mass is 488 g/mol. The molecule has 33 heavy (non-hydrogen) atoms. The predicted molar refractivity (Wildman–Crippen MR) is 124 cm³/mol. The molecule has 3 aromatic rings. The standard InChI is InChI=1S/C24H22Cl2N2O5/c1-11-9-14-17(20(28(2)27-14)12-7-5-6-8-13(12)25)22(29)24(11)23(30)18-15(31-3)10-16(32-4)19(26)21(18)33-24/h5-8,10-11,22,29H,9H2,1-4H3/t11-,22?,24+/m1/s1. The van der Waals surface area contributed by atoms with Gasteiger partial charge < -0.3 is 19.3 Å². The van der Waals surface area contributed by atoms with Crippen LogP contribution in [0, 0.1) is 5.92 Å². The number of methoxy groups -OCH3 is 2. The largest absolute Gasteiger partial charge is 0.496 e. The van der Waals surface area contributed by atoms with Crippen LogP contribution in [0.5, 0.6) is 17.2 Å². The molecular weight excluding hydrogens is 467 g/mol. The van der Waals surface area contributed by atoms with Gasteiger partial charge in [0.05, 0.1) is 25.6 Å². The Balaban J connectivity index is 1.72. The molecule has 1 aliphatic carbocycles. The summed E-state index contributed by atoms with van der Waals surface area (Å²) in [6.45, 7) is 1.86. The molecular formula is C24H22Cl2N2O5. The van der Waals surface area contributed by atoms with E-state index in [4.69, 9.17) is 37.4 Å². The number of hydrogen-bond donors (Lipinski definition) is 1. The van der Waals surface area contributed by atoms with Crippen molar-refractivity contribution in [1.29, 1.82) is 0 Å². The van der Waals surface area contributed by atoms with Crippen molar-refractivity contribution in [2.75, 3.05) is 14.2 Å². The number of benzene rings is 2. The molecule has 1 aromatic heterocycles. The third kappa shape index (κ3) is 2.86. The summed E-state index contributed by atoms with van der Waals surface area (Å²) in [5.41, 5.74) is 1.16. The number of ketones is 1. The maximum absolute atomic E-state index is 13.9. The Labute approximate surface area is 200 Å². The number of rotatable bonds is 3. The van der Waals surface area contributed by atoms with Gasteiger partial charge in [0.25, 0.3) is 0 Å². The molecule has 2 aliphatic rings. The normalized spacial score (nSPS) is 23.3. The molecule has 0 fully saturated rings. The van der Waals surface area contributed by atoms with Crippen LogP contribution in [0.25, 0.3) is 11.3 Å². The Morgan fingerprint density at radius 1 is 1.21 bits per heavy atom. The van der Waals surface area contributed by atoms with Crippen LogP contribution in [0.1, 0.15) is 34.6 Å². The van der Waals surface area contributed by atoms with Crippen LogP contribution in [0.3, 0.4) is 0 Å². The molecule has 1 aliphatic heterocycles. The SMILES string of the molecule is COc1cc(OC)c2c(c1Cl)O[C@]1(C2=O)C(O)c2c(nn(C)c2-c2ccccc2Cl)C[C@H]1C. The van der Waals surface area contributed by atoms with E-state index in [9.17, 15) is 9.90 Å². The van der Waals surface area contributed by atoms with E-state index in [1.54, 1.807) is 23.9 Å². The minimum atomic E-state index is -1.60. The zero-order chi connectivity index (χ0) is 23.7. The van der Waals surface area contributed by atoms with Crippen LogP contribution in [-0.4, -0.2) is 40.5 Å². The molecule has 0 radical (unpaired) electrons. The highest BCUT2D eigenvalue weighted by Crippen LogP contribution is 2.57. The number of aliphatic hydroxyl groups excluding tert-OH is 1. The van der Waals surface area contributed by atoms with Crippen molar-refractivity contribution >= 4 is 29.0 Å². The van der Waals surface area contributed by atoms with Crippen LogP contribution in [0.15, 0.2) is 30.3 Å². The number of aromatic nitrogens is 2. The van der Waals surface area contributed by atoms with E-state index in [-0.39, 0.29) is 22.1 Å². The van der Waals surface area contributed by atoms with Gasteiger partial charge in [0.1, 0.15) is 28.2 Å². The van der Waals surface area contributed by atoms with E-state index in [0.29, 0.717) is 39.7 Å². The molecule has 9 heteroatoms. The first-order valence-corrected chi connectivity index (χ1v) is 11.2. The third-order valence-corrected chi connectivity index (χ3v) is 7.33. The number of nitrogens with zero attached hydrogens (tertiary/aromatic N) is 2. The average molecular weight is 489 g/mol. The van der Waals surface area contributed by atoms with E-state index < -0.39 is 23.4 Å². The molecule has 172 valence electrons. The summed E-state index contributed by atoms with van der Waals surface area (Å²) in [5.74, 6) is -0.0562. The van der Waals surface area contributed by atoms with E-state index in [0.717, 1.165) is 0 Å². The molecule has 0 amide bonds. The maximum Gasteiger partial charge on any atom is 0.217 e. The van der Waals surface area contributed by atoms with Crippen molar-refractivity contribution in [3.63, 3.8) is 0 Å². The van der Waals surface area contributed by atoms with Crippen molar-refractivity contribution < 1.29 is 24.1 Å². The Morgan fingerprint density at radius 2 is 1.91 bits per heavy atom. The van der Waals surface area contributed by atoms with Gasteiger partial charge >= 0.3 is 0 Å². The molecule has 0 bridgehead atoms. The highest BCUT2D eigenvalue weighted by Gasteiger charge is 2.62. The predicted octanol–water partition coefficient (Wildman–Crippen LogP) is 4.65. The second-order valence-corrected chi connectivity index (χ2v) is 9.13. The lowest BCUT2D eigenvalue weighted by molar-refractivity contribution is -0.0634. The van der Waals surface area contributed by atoms with Gasteiger partial charge in [0, 0.05) is 35.2 Å². The summed E-state index contributed by atoms with van der Waals surface area (Å²) >= 11 is 13.0. The van der Waals surface area contributed by atoms with E-state index in [1.165, 1.54) is 14.2 Å². The van der Waals surface area contributed by atoms with Crippen LogP contribution in [0.4, 0.5) is 0 Å². The Kier molecular flexibility index (Phi) is 5.12. The number of hydrogen-bond acceptors (Lipinski definition) is 6. The molecule has 2 heterocycles. The van der Waals surface area contributed by atoms with Gasteiger partial charge in [-0.1, -0.05) is 48.3 Å². The van der Waals surface area contributed by atoms with Crippen LogP contribution < -0.4 is 14.2 Å². The van der Waals surface area contributed by atoms with Gasteiger partial charge in [-0.15, -0.1) is 0 Å². The quantitative estimate of drug-likeness (QED) is 0.577. The molecule has 5 rings (SSSR count). The first-order valence-electron chi connectivity index (χ1n) is 10.4. The molecule has 0 saturated heterocycles. The topological polar surface area (TPSA) is 82.8 Å². The summed E-state index contributed by atoms with van der Waals surface area (Å²) in [6.07, 6.45) is -0.899. The Morgan fingerprint density at radius 3 is 2.58 bits per heavy atom. The van der Waals surface area contributed by atoms with Crippen molar-refractivity contribution in [2.45, 2.75) is 25.0 Å². The molecule has 0 saturated carbocycles. The Bertz CT molecular complexity index is 1300. The van der Waals surface area contributed by atoms with E-state index in [1.807, 2.05) is 25.1 Å². The van der Waals surface area contributed by atoms with Crippen LogP contribution in [-0.2, 0) is 13.5 Å². The fraction of sp³-hybridized carbons (Fsp3) is 0.333. The van der Waals surface area contributed by atoms with Gasteiger partial charge in [-0.25, -0.2) is 0 Å². The summed E-state index contributed by atoms with van der Waals surface area (Å²) in [5, 5.41) is 17.1. The number of aliphatic hydroxyl groups is 1. The molecule has 1 spiro atoms. The number of carbonyl (C=O) groups is 1. The lowest BCUT2D eigenvalue weighted by Crippen LogP contribution is -2.54. The van der Waals surface area contributed by atoms with Gasteiger partial charge in [0.2, 0.25) is 11.4 Å². The van der Waals surface area contributed by atoms with Crippen molar-refractivity contribution in [3.8, 4) is 28.5 Å². The summed E-state index contributed by atoms with van der Waals surface area (Å²) in [7, 11) is 4.71. The molecule has 7 nitrogen and oxygen atoms in total. The summed E-state index contributed by atoms with van der Waals surface area (Å²) in [4.78, 5) is 13.9. The van der Waals surface area contributed by atoms with Crippen molar-refractivity contribution in [1.82, 2.24) is 9.78 Å². The average Bonchev–Trinajstić information content (AvgIpc) is 3.29. The van der Waals surface area contributed by atoms with Crippen molar-refractivity contribution in [2.24, 2.45) is 13.0 Å². The van der Waals surface area contributed by atoms with Crippen molar-refractivity contribution in [3.05, 3.63) is 57.2 Å². The van der Waals surface area contributed by atoms with Gasteiger partial charge in [0.15, 0.2) is 5.75 Å². The highest BCUT2D eigenvalue weighted by atomic mass is 35.5. The smallest absolute Gasteiger partial charge is 0.217 e. The fourth-order valence-electron chi connectivity index (χ4n) is 5.06. The second kappa shape index (κ2) is 7.65. The van der Waals surface area contributed by atoms with Gasteiger partial charge in [-0.2, -0.15) is 5.10 Å². The number of ether oxygens (including phenoxy) is 3. The fourth-order valence-corrected chi connectivity index (χ4v) is 5.55. The number of carbonyl (C=O) groups excluding carboxylic acids is 1. The lowest BCUT2D eigenvalue weighted by atomic mass is 9.69. The van der Waals surface area contributed by atoms with Crippen LogP contribution >= 0.6 is 23.2 Å². The summed E-state index contributed by atoms with van der Waals surface area (Å²) < 4.78 is 18.8.